The highest BCUT2D eigenvalue weighted by atomic mass is 35.5. The molecule has 1 aromatic heterocycles. The van der Waals surface area contributed by atoms with Crippen molar-refractivity contribution in [3.63, 3.8) is 0 Å². The van der Waals surface area contributed by atoms with Crippen molar-refractivity contribution in [2.45, 2.75) is 0 Å². The number of halogens is 3. The molecule has 0 bridgehead atoms. The van der Waals surface area contributed by atoms with Gasteiger partial charge in [0.2, 0.25) is 0 Å². The van der Waals surface area contributed by atoms with Crippen LogP contribution in [0.3, 0.4) is 0 Å². The second-order valence-electron chi connectivity index (χ2n) is 3.58. The normalized spacial score (nSPS) is 10.3. The van der Waals surface area contributed by atoms with Gasteiger partial charge in [0, 0.05) is 6.07 Å². The first-order chi connectivity index (χ1) is 8.97. The molecule has 4 nitrogen and oxygen atoms in total. The zero-order chi connectivity index (χ0) is 14.0. The molecule has 0 amide bonds. The van der Waals surface area contributed by atoms with Crippen LogP contribution in [0.1, 0.15) is 10.4 Å². The van der Waals surface area contributed by atoms with Gasteiger partial charge in [-0.15, -0.1) is 0 Å². The average Bonchev–Trinajstić information content (AvgIpc) is 2.32. The first-order valence-electron chi connectivity index (χ1n) is 5.09. The maximum atomic E-state index is 13.5. The minimum absolute atomic E-state index is 0.0509. The van der Waals surface area contributed by atoms with E-state index in [1.54, 1.807) is 0 Å². The molecule has 1 heterocycles. The smallest absolute Gasteiger partial charge is 0.339 e. The Labute approximate surface area is 111 Å². The molecular formula is C12H7ClF2N2O2. The third-order valence-corrected chi connectivity index (χ3v) is 2.49. The summed E-state index contributed by atoms with van der Waals surface area (Å²) in [4.78, 5) is 14.8. The fraction of sp³-hybridized carbons (Fsp3) is 0. The van der Waals surface area contributed by atoms with E-state index >= 15 is 0 Å². The van der Waals surface area contributed by atoms with E-state index in [-0.39, 0.29) is 22.2 Å². The lowest BCUT2D eigenvalue weighted by Gasteiger charge is -2.09. The van der Waals surface area contributed by atoms with Crippen LogP contribution in [0.2, 0.25) is 5.15 Å². The van der Waals surface area contributed by atoms with E-state index in [9.17, 15) is 13.6 Å². The Morgan fingerprint density at radius 3 is 2.63 bits per heavy atom. The number of benzene rings is 1. The summed E-state index contributed by atoms with van der Waals surface area (Å²) in [5.41, 5.74) is -0.271. The van der Waals surface area contributed by atoms with Crippen molar-refractivity contribution in [1.82, 2.24) is 4.98 Å². The molecule has 1 aromatic carbocycles. The molecule has 0 saturated heterocycles. The molecule has 7 heteroatoms. The lowest BCUT2D eigenvalue weighted by atomic mass is 10.2. The van der Waals surface area contributed by atoms with E-state index in [0.29, 0.717) is 6.07 Å². The quantitative estimate of drug-likeness (QED) is 0.847. The Morgan fingerprint density at radius 2 is 2.00 bits per heavy atom. The number of anilines is 2. The molecule has 0 aliphatic heterocycles. The van der Waals surface area contributed by atoms with Crippen molar-refractivity contribution in [3.8, 4) is 0 Å². The fourth-order valence-electron chi connectivity index (χ4n) is 1.42. The molecule has 19 heavy (non-hydrogen) atoms. The average molecular weight is 285 g/mol. The van der Waals surface area contributed by atoms with E-state index in [2.05, 4.69) is 10.3 Å². The second kappa shape index (κ2) is 5.19. The molecule has 2 rings (SSSR count). The zero-order valence-corrected chi connectivity index (χ0v) is 10.1. The van der Waals surface area contributed by atoms with Crippen LogP contribution in [0.4, 0.5) is 20.3 Å². The summed E-state index contributed by atoms with van der Waals surface area (Å²) in [6.07, 6.45) is 0. The van der Waals surface area contributed by atoms with Gasteiger partial charge in [-0.05, 0) is 24.3 Å². The number of pyridine rings is 1. The lowest BCUT2D eigenvalue weighted by Crippen LogP contribution is -2.06. The van der Waals surface area contributed by atoms with Crippen LogP contribution in [0.15, 0.2) is 30.3 Å². The maximum Gasteiger partial charge on any atom is 0.339 e. The van der Waals surface area contributed by atoms with E-state index in [4.69, 9.17) is 16.7 Å². The molecule has 0 atom stereocenters. The Morgan fingerprint density at radius 1 is 1.26 bits per heavy atom. The van der Waals surface area contributed by atoms with Gasteiger partial charge in [0.1, 0.15) is 28.2 Å². The van der Waals surface area contributed by atoms with Crippen LogP contribution < -0.4 is 5.32 Å². The van der Waals surface area contributed by atoms with Gasteiger partial charge in [0.15, 0.2) is 0 Å². The van der Waals surface area contributed by atoms with Crippen LogP contribution in [0.5, 0.6) is 0 Å². The van der Waals surface area contributed by atoms with Crippen LogP contribution >= 0.6 is 11.6 Å². The number of carbonyl (C=O) groups is 1. The topological polar surface area (TPSA) is 62.2 Å². The van der Waals surface area contributed by atoms with E-state index < -0.39 is 17.6 Å². The minimum atomic E-state index is -1.24. The number of nitrogens with zero attached hydrogens (tertiary/aromatic N) is 1. The molecule has 2 aromatic rings. The highest BCUT2D eigenvalue weighted by Crippen LogP contribution is 2.23. The first kappa shape index (κ1) is 13.2. The number of aromatic nitrogens is 1. The third-order valence-electron chi connectivity index (χ3n) is 2.28. The molecule has 0 aliphatic rings. The Hall–Kier alpha value is -2.21. The van der Waals surface area contributed by atoms with E-state index in [1.165, 1.54) is 12.1 Å². The van der Waals surface area contributed by atoms with Gasteiger partial charge < -0.3 is 10.4 Å². The lowest BCUT2D eigenvalue weighted by molar-refractivity contribution is 0.0697. The van der Waals surface area contributed by atoms with Gasteiger partial charge in [0.25, 0.3) is 0 Å². The Kier molecular flexibility index (Phi) is 3.62. The summed E-state index contributed by atoms with van der Waals surface area (Å²) in [5, 5.41) is 11.5. The van der Waals surface area contributed by atoms with Crippen molar-refractivity contribution >= 4 is 29.1 Å². The summed E-state index contributed by atoms with van der Waals surface area (Å²) in [6, 6.07) is 5.39. The van der Waals surface area contributed by atoms with Crippen molar-refractivity contribution in [2.75, 3.05) is 5.32 Å². The standard InChI is InChI=1S/C12H7ClF2N2O2/c13-10-4-2-7(12(18)19)11(17-10)16-9-3-1-6(14)5-8(9)15/h1-5H,(H,16,17)(H,18,19). The van der Waals surface area contributed by atoms with Crippen LogP contribution in [-0.2, 0) is 0 Å². The van der Waals surface area contributed by atoms with Gasteiger partial charge in [0.05, 0.1) is 5.69 Å². The largest absolute Gasteiger partial charge is 0.478 e. The van der Waals surface area contributed by atoms with Gasteiger partial charge in [-0.2, -0.15) is 0 Å². The van der Waals surface area contributed by atoms with Crippen molar-refractivity contribution in [1.29, 1.82) is 0 Å². The van der Waals surface area contributed by atoms with Gasteiger partial charge in [-0.3, -0.25) is 0 Å². The number of hydrogen-bond donors (Lipinski definition) is 2. The summed E-state index contributed by atoms with van der Waals surface area (Å²) >= 11 is 5.65. The summed E-state index contributed by atoms with van der Waals surface area (Å²) in [5.74, 6) is -2.96. The molecular weight excluding hydrogens is 278 g/mol. The molecule has 0 unspecified atom stereocenters. The van der Waals surface area contributed by atoms with Crippen LogP contribution in [0, 0.1) is 11.6 Å². The minimum Gasteiger partial charge on any atom is -0.478 e. The van der Waals surface area contributed by atoms with Crippen molar-refractivity contribution < 1.29 is 18.7 Å². The molecule has 0 saturated carbocycles. The molecule has 0 aliphatic carbocycles. The Bertz CT molecular complexity index is 650. The first-order valence-corrected chi connectivity index (χ1v) is 5.47. The number of nitrogens with one attached hydrogen (secondary N) is 1. The van der Waals surface area contributed by atoms with Crippen molar-refractivity contribution in [2.24, 2.45) is 0 Å². The number of carboxylic acid groups (broad SMARTS) is 1. The molecule has 0 fully saturated rings. The second-order valence-corrected chi connectivity index (χ2v) is 3.97. The predicted octanol–water partition coefficient (Wildman–Crippen LogP) is 3.46. The number of hydrogen-bond acceptors (Lipinski definition) is 3. The molecule has 0 radical (unpaired) electrons. The fourth-order valence-corrected chi connectivity index (χ4v) is 1.57. The molecule has 98 valence electrons. The summed E-state index contributed by atoms with van der Waals surface area (Å²) in [6.45, 7) is 0. The summed E-state index contributed by atoms with van der Waals surface area (Å²) < 4.78 is 26.2. The van der Waals surface area contributed by atoms with E-state index in [0.717, 1.165) is 12.1 Å². The SMILES string of the molecule is O=C(O)c1ccc(Cl)nc1Nc1ccc(F)cc1F. The zero-order valence-electron chi connectivity index (χ0n) is 9.32. The van der Waals surface area contributed by atoms with Crippen molar-refractivity contribution in [3.05, 3.63) is 52.7 Å². The van der Waals surface area contributed by atoms with Gasteiger partial charge in [-0.1, -0.05) is 11.6 Å². The highest BCUT2D eigenvalue weighted by Gasteiger charge is 2.14. The van der Waals surface area contributed by atoms with Gasteiger partial charge >= 0.3 is 5.97 Å². The summed E-state index contributed by atoms with van der Waals surface area (Å²) in [7, 11) is 0. The van der Waals surface area contributed by atoms with Crippen LogP contribution in [-0.4, -0.2) is 16.1 Å². The third kappa shape index (κ3) is 2.97. The number of rotatable bonds is 3. The molecule has 2 N–H and O–H groups in total. The maximum absolute atomic E-state index is 13.5. The van der Waals surface area contributed by atoms with Gasteiger partial charge in [-0.25, -0.2) is 18.6 Å². The number of aromatic carboxylic acids is 1. The predicted molar refractivity (Wildman–Crippen MR) is 65.8 cm³/mol. The Balaban J connectivity index is 2.42. The van der Waals surface area contributed by atoms with Crippen LogP contribution in [0.25, 0.3) is 0 Å². The monoisotopic (exact) mass is 284 g/mol. The highest BCUT2D eigenvalue weighted by molar-refractivity contribution is 6.29. The van der Waals surface area contributed by atoms with E-state index in [1.807, 2.05) is 0 Å². The molecule has 0 spiro atoms. The number of carboxylic acids is 1.